The number of hydroxylamine groups is 2. The first-order valence-electron chi connectivity index (χ1n) is 12.7. The molecule has 2 aliphatic rings. The molecule has 0 radical (unpaired) electrons. The Kier molecular flexibility index (Phi) is 8.08. The van der Waals surface area contributed by atoms with Crippen molar-refractivity contribution in [2.45, 2.75) is 108 Å². The normalized spacial score (nSPS) is 28.7. The first-order valence-corrected chi connectivity index (χ1v) is 18.5. The lowest BCUT2D eigenvalue weighted by Gasteiger charge is -2.47. The monoisotopic (exact) mass is 543 g/mol. The summed E-state index contributed by atoms with van der Waals surface area (Å²) in [5, 5.41) is 11.1. The number of H-pyrrole nitrogens is 1. The van der Waals surface area contributed by atoms with E-state index in [-0.39, 0.29) is 23.4 Å². The van der Waals surface area contributed by atoms with Crippen LogP contribution in [0.5, 0.6) is 0 Å². The number of aromatic nitrogens is 2. The minimum Gasteiger partial charge on any atom is -0.414 e. The van der Waals surface area contributed by atoms with Crippen molar-refractivity contribution < 1.29 is 23.5 Å². The van der Waals surface area contributed by atoms with Crippen LogP contribution in [0.1, 0.15) is 54.2 Å². The van der Waals surface area contributed by atoms with Crippen LogP contribution in [0.15, 0.2) is 21.9 Å². The van der Waals surface area contributed by atoms with Gasteiger partial charge in [0.1, 0.15) is 24.5 Å². The van der Waals surface area contributed by atoms with Gasteiger partial charge >= 0.3 is 5.69 Å². The average molecular weight is 544 g/mol. The van der Waals surface area contributed by atoms with E-state index in [0.29, 0.717) is 13.0 Å². The molecular formula is C24H45N3O7Si2. The Morgan fingerprint density at radius 3 is 2.22 bits per heavy atom. The summed E-state index contributed by atoms with van der Waals surface area (Å²) in [7, 11) is -4.50. The molecule has 3 rings (SSSR count). The van der Waals surface area contributed by atoms with E-state index in [4.69, 9.17) is 18.3 Å². The van der Waals surface area contributed by atoms with Gasteiger partial charge in [0, 0.05) is 18.8 Å². The number of aromatic amines is 1. The van der Waals surface area contributed by atoms with Crippen LogP contribution in [-0.4, -0.2) is 74.1 Å². The Balaban J connectivity index is 2.10. The van der Waals surface area contributed by atoms with Crippen molar-refractivity contribution in [3.63, 3.8) is 0 Å². The maximum absolute atomic E-state index is 12.9. The molecule has 0 bridgehead atoms. The molecule has 2 aliphatic heterocycles. The molecule has 12 heteroatoms. The van der Waals surface area contributed by atoms with Crippen LogP contribution in [0.4, 0.5) is 0 Å². The smallest absolute Gasteiger partial charge is 0.330 e. The van der Waals surface area contributed by atoms with Gasteiger partial charge in [-0.2, -0.15) is 5.06 Å². The van der Waals surface area contributed by atoms with Gasteiger partial charge in [-0.3, -0.25) is 14.3 Å². The largest absolute Gasteiger partial charge is 0.414 e. The van der Waals surface area contributed by atoms with Crippen molar-refractivity contribution >= 4 is 16.6 Å². The number of hydrogen-bond acceptors (Lipinski definition) is 8. The molecule has 206 valence electrons. The van der Waals surface area contributed by atoms with Crippen LogP contribution in [0.2, 0.25) is 36.3 Å². The third kappa shape index (κ3) is 5.65. The molecule has 0 amide bonds. The Bertz CT molecular complexity index is 1030. The highest BCUT2D eigenvalue weighted by Crippen LogP contribution is 2.49. The molecule has 2 saturated heterocycles. The van der Waals surface area contributed by atoms with E-state index in [2.05, 4.69) is 72.7 Å². The molecule has 0 saturated carbocycles. The number of hydrogen-bond donors (Lipinski definition) is 2. The molecule has 1 aromatic heterocycles. The van der Waals surface area contributed by atoms with E-state index < -0.39 is 51.9 Å². The predicted octanol–water partition coefficient (Wildman–Crippen LogP) is 3.65. The Morgan fingerprint density at radius 1 is 1.11 bits per heavy atom. The van der Waals surface area contributed by atoms with E-state index in [1.165, 1.54) is 16.8 Å². The van der Waals surface area contributed by atoms with Crippen molar-refractivity contribution in [1.82, 2.24) is 14.6 Å². The zero-order chi connectivity index (χ0) is 27.3. The molecule has 2 N–H and O–H groups in total. The second kappa shape index (κ2) is 9.88. The summed E-state index contributed by atoms with van der Waals surface area (Å²) in [5.74, 6) is 0. The van der Waals surface area contributed by atoms with Crippen LogP contribution in [0, 0.1) is 0 Å². The fourth-order valence-corrected chi connectivity index (χ4v) is 6.37. The molecule has 3 heterocycles. The summed E-state index contributed by atoms with van der Waals surface area (Å²) in [6.07, 6.45) is -0.146. The fourth-order valence-electron chi connectivity index (χ4n) is 4.07. The topological polar surface area (TPSA) is 115 Å². The average Bonchev–Trinajstić information content (AvgIpc) is 2.99. The van der Waals surface area contributed by atoms with E-state index in [9.17, 15) is 14.8 Å². The van der Waals surface area contributed by atoms with Gasteiger partial charge in [0.15, 0.2) is 22.9 Å². The van der Waals surface area contributed by atoms with Gasteiger partial charge < -0.3 is 23.5 Å². The van der Waals surface area contributed by atoms with Gasteiger partial charge in [0.05, 0.1) is 6.61 Å². The molecule has 0 aliphatic carbocycles. The molecule has 36 heavy (non-hydrogen) atoms. The van der Waals surface area contributed by atoms with Gasteiger partial charge in [-0.1, -0.05) is 41.5 Å². The summed E-state index contributed by atoms with van der Waals surface area (Å²) in [6.45, 7) is 22.3. The summed E-state index contributed by atoms with van der Waals surface area (Å²) in [4.78, 5) is 27.0. The predicted molar refractivity (Wildman–Crippen MR) is 142 cm³/mol. The number of nitrogens with one attached hydrogen (secondary N) is 1. The highest BCUT2D eigenvalue weighted by molar-refractivity contribution is 6.74. The van der Waals surface area contributed by atoms with E-state index in [1.807, 2.05) is 0 Å². The van der Waals surface area contributed by atoms with Crippen molar-refractivity contribution in [2.24, 2.45) is 0 Å². The summed E-state index contributed by atoms with van der Waals surface area (Å²) < 4.78 is 27.9. The standard InChI is InChI=1S/C24H45N3O7Si2/c1-22(2,3)35(7,8)32-15-17-24(12-14-26(30)16-31-24)19(34-36(9,10)23(4,5)6)20(33-17)27-13-11-18(28)25-21(27)29/h11,13,17,19-20,30H,12,14-16H2,1-10H3,(H,25,28,29). The molecule has 1 spiro atoms. The van der Waals surface area contributed by atoms with Gasteiger partial charge in [0.2, 0.25) is 0 Å². The Morgan fingerprint density at radius 2 is 1.72 bits per heavy atom. The SMILES string of the molecule is CC(C)(C)[Si](C)(C)OCC1OC(n2ccc(=O)[nH]c2=O)C(O[Si](C)(C)C(C)(C)C)C12CCN(O)CO2. The maximum atomic E-state index is 12.9. The maximum Gasteiger partial charge on any atom is 0.330 e. The zero-order valence-corrected chi connectivity index (χ0v) is 25.5. The van der Waals surface area contributed by atoms with Gasteiger partial charge in [0.25, 0.3) is 5.56 Å². The summed E-state index contributed by atoms with van der Waals surface area (Å²) in [6, 6.07) is 1.30. The first kappa shape index (κ1) is 29.4. The second-order valence-corrected chi connectivity index (χ2v) is 22.7. The van der Waals surface area contributed by atoms with Crippen LogP contribution in [0.3, 0.4) is 0 Å². The number of ether oxygens (including phenoxy) is 2. The van der Waals surface area contributed by atoms with Crippen molar-refractivity contribution in [2.75, 3.05) is 19.9 Å². The molecule has 0 aromatic carbocycles. The highest BCUT2D eigenvalue weighted by Gasteiger charge is 2.62. The van der Waals surface area contributed by atoms with E-state index in [0.717, 1.165) is 5.06 Å². The lowest BCUT2D eigenvalue weighted by atomic mass is 9.87. The number of nitrogens with zero attached hydrogens (tertiary/aromatic N) is 2. The zero-order valence-electron chi connectivity index (χ0n) is 23.5. The number of rotatable bonds is 6. The van der Waals surface area contributed by atoms with Crippen LogP contribution < -0.4 is 11.2 Å². The van der Waals surface area contributed by atoms with Crippen molar-refractivity contribution in [3.8, 4) is 0 Å². The second-order valence-electron chi connectivity index (χ2n) is 13.1. The Hall–Kier alpha value is -1.13. The van der Waals surface area contributed by atoms with Gasteiger partial charge in [-0.05, 0) is 42.7 Å². The fraction of sp³-hybridized carbons (Fsp3) is 0.833. The molecule has 10 nitrogen and oxygen atoms in total. The van der Waals surface area contributed by atoms with E-state index in [1.54, 1.807) is 0 Å². The quantitative estimate of drug-likeness (QED) is 0.523. The minimum atomic E-state index is -2.37. The molecule has 2 fully saturated rings. The van der Waals surface area contributed by atoms with Gasteiger partial charge in [-0.25, -0.2) is 4.79 Å². The molecule has 4 atom stereocenters. The third-order valence-corrected chi connectivity index (χ3v) is 17.5. The third-order valence-electron chi connectivity index (χ3n) is 8.59. The molecule has 1 aromatic rings. The lowest BCUT2D eigenvalue weighted by Crippen LogP contribution is -2.61. The van der Waals surface area contributed by atoms with Crippen molar-refractivity contribution in [1.29, 1.82) is 0 Å². The van der Waals surface area contributed by atoms with Gasteiger partial charge in [-0.15, -0.1) is 0 Å². The highest BCUT2D eigenvalue weighted by atomic mass is 28.4. The van der Waals surface area contributed by atoms with Crippen molar-refractivity contribution in [3.05, 3.63) is 33.1 Å². The van der Waals surface area contributed by atoms with Crippen LogP contribution >= 0.6 is 0 Å². The van der Waals surface area contributed by atoms with Crippen LogP contribution in [-0.2, 0) is 18.3 Å². The summed E-state index contributed by atoms with van der Waals surface area (Å²) in [5.41, 5.74) is -2.00. The summed E-state index contributed by atoms with van der Waals surface area (Å²) >= 11 is 0. The lowest BCUT2D eigenvalue weighted by molar-refractivity contribution is -0.265. The minimum absolute atomic E-state index is 0.000382. The molecular weight excluding hydrogens is 498 g/mol. The Labute approximate surface area is 216 Å². The first-order chi connectivity index (χ1) is 16.3. The van der Waals surface area contributed by atoms with Crippen LogP contribution in [0.25, 0.3) is 0 Å². The van der Waals surface area contributed by atoms with E-state index >= 15 is 0 Å². The molecule has 4 unspecified atom stereocenters.